The van der Waals surface area contributed by atoms with Crippen LogP contribution in [-0.4, -0.2) is 5.91 Å². The average Bonchev–Trinajstić information content (AvgIpc) is 2.62. The molecule has 1 heterocycles. The number of hydrogen-bond donors (Lipinski definition) is 2. The lowest BCUT2D eigenvalue weighted by atomic mass is 10.2. The second kappa shape index (κ2) is 6.13. The standard InChI is InChI=1S/C13H20N2O2/c1-5-6-7-9(2)14-15-13(16)12-8-10(3)17-11(12)4/h8,14H,2,5-7H2,1,3-4H3,(H,15,16). The normalized spacial score (nSPS) is 10.1. The molecule has 17 heavy (non-hydrogen) atoms. The van der Waals surface area contributed by atoms with E-state index in [1.165, 1.54) is 0 Å². The number of amides is 1. The first-order valence-electron chi connectivity index (χ1n) is 5.85. The Morgan fingerprint density at radius 1 is 1.41 bits per heavy atom. The Kier molecular flexibility index (Phi) is 4.82. The highest BCUT2D eigenvalue weighted by Crippen LogP contribution is 2.13. The molecular formula is C13H20N2O2. The smallest absolute Gasteiger partial charge is 0.273 e. The van der Waals surface area contributed by atoms with Gasteiger partial charge in [0.05, 0.1) is 5.56 Å². The lowest BCUT2D eigenvalue weighted by Gasteiger charge is -2.09. The maximum atomic E-state index is 11.8. The maximum absolute atomic E-state index is 11.8. The molecule has 0 aliphatic carbocycles. The fraction of sp³-hybridized carbons (Fsp3) is 0.462. The third-order valence-corrected chi connectivity index (χ3v) is 2.47. The number of aryl methyl sites for hydroxylation is 2. The quantitative estimate of drug-likeness (QED) is 0.747. The van der Waals surface area contributed by atoms with Crippen molar-refractivity contribution in [2.45, 2.75) is 40.0 Å². The molecule has 4 heteroatoms. The average molecular weight is 236 g/mol. The SMILES string of the molecule is C=C(CCCC)NNC(=O)c1cc(C)oc1C. The molecule has 2 N–H and O–H groups in total. The first-order valence-corrected chi connectivity index (χ1v) is 5.85. The van der Waals surface area contributed by atoms with Crippen molar-refractivity contribution in [3.8, 4) is 0 Å². The minimum Gasteiger partial charge on any atom is -0.466 e. The van der Waals surface area contributed by atoms with E-state index in [0.29, 0.717) is 11.3 Å². The van der Waals surface area contributed by atoms with Gasteiger partial charge in [0.1, 0.15) is 11.5 Å². The number of unbranched alkanes of at least 4 members (excludes halogenated alkanes) is 1. The summed E-state index contributed by atoms with van der Waals surface area (Å²) in [4.78, 5) is 11.8. The van der Waals surface area contributed by atoms with E-state index in [-0.39, 0.29) is 5.91 Å². The van der Waals surface area contributed by atoms with Crippen molar-refractivity contribution in [3.63, 3.8) is 0 Å². The highest BCUT2D eigenvalue weighted by Gasteiger charge is 2.12. The van der Waals surface area contributed by atoms with Crippen LogP contribution >= 0.6 is 0 Å². The second-order valence-corrected chi connectivity index (χ2v) is 4.11. The molecular weight excluding hydrogens is 216 g/mol. The molecule has 0 aliphatic heterocycles. The summed E-state index contributed by atoms with van der Waals surface area (Å²) in [6.07, 6.45) is 3.03. The number of allylic oxidation sites excluding steroid dienone is 1. The van der Waals surface area contributed by atoms with Gasteiger partial charge in [0, 0.05) is 5.70 Å². The molecule has 0 aliphatic rings. The van der Waals surface area contributed by atoms with Crippen LogP contribution in [0.2, 0.25) is 0 Å². The van der Waals surface area contributed by atoms with Crippen LogP contribution in [-0.2, 0) is 0 Å². The van der Waals surface area contributed by atoms with Crippen LogP contribution in [0.4, 0.5) is 0 Å². The zero-order valence-corrected chi connectivity index (χ0v) is 10.7. The number of furan rings is 1. The number of carbonyl (C=O) groups excluding carboxylic acids is 1. The molecule has 0 aromatic carbocycles. The zero-order valence-electron chi connectivity index (χ0n) is 10.7. The fourth-order valence-electron chi connectivity index (χ4n) is 1.52. The molecule has 1 rings (SSSR count). The first-order chi connectivity index (χ1) is 8.04. The molecule has 4 nitrogen and oxygen atoms in total. The fourth-order valence-corrected chi connectivity index (χ4v) is 1.52. The summed E-state index contributed by atoms with van der Waals surface area (Å²) in [6, 6.07) is 1.72. The van der Waals surface area contributed by atoms with Gasteiger partial charge in [-0.3, -0.25) is 10.2 Å². The highest BCUT2D eigenvalue weighted by atomic mass is 16.3. The molecule has 0 fully saturated rings. The molecule has 1 amide bonds. The Labute approximate surface area is 102 Å². The minimum atomic E-state index is -0.197. The van der Waals surface area contributed by atoms with Gasteiger partial charge in [-0.1, -0.05) is 19.9 Å². The molecule has 0 radical (unpaired) electrons. The monoisotopic (exact) mass is 236 g/mol. The Balaban J connectivity index is 2.45. The molecule has 0 unspecified atom stereocenters. The Bertz CT molecular complexity index is 408. The molecule has 1 aromatic rings. The van der Waals surface area contributed by atoms with E-state index in [1.807, 2.05) is 6.92 Å². The van der Waals surface area contributed by atoms with Gasteiger partial charge >= 0.3 is 0 Å². The van der Waals surface area contributed by atoms with Gasteiger partial charge < -0.3 is 9.84 Å². The molecule has 94 valence electrons. The predicted molar refractivity (Wildman–Crippen MR) is 67.4 cm³/mol. The van der Waals surface area contributed by atoms with Gasteiger partial charge in [0.2, 0.25) is 0 Å². The van der Waals surface area contributed by atoms with E-state index < -0.39 is 0 Å². The number of rotatable bonds is 6. The minimum absolute atomic E-state index is 0.197. The summed E-state index contributed by atoms with van der Waals surface area (Å²) in [5, 5.41) is 0. The third-order valence-electron chi connectivity index (χ3n) is 2.47. The second-order valence-electron chi connectivity index (χ2n) is 4.11. The summed E-state index contributed by atoms with van der Waals surface area (Å²) in [6.45, 7) is 9.54. The van der Waals surface area contributed by atoms with Gasteiger partial charge in [0.25, 0.3) is 5.91 Å². The summed E-state index contributed by atoms with van der Waals surface area (Å²) in [5.74, 6) is 1.16. The van der Waals surface area contributed by atoms with Gasteiger partial charge in [0.15, 0.2) is 0 Å². The summed E-state index contributed by atoms with van der Waals surface area (Å²) in [7, 11) is 0. The summed E-state index contributed by atoms with van der Waals surface area (Å²) < 4.78 is 5.30. The molecule has 0 saturated carbocycles. The Hall–Kier alpha value is -1.71. The van der Waals surface area contributed by atoms with Crippen LogP contribution in [0.5, 0.6) is 0 Å². The van der Waals surface area contributed by atoms with Gasteiger partial charge in [-0.15, -0.1) is 0 Å². The molecule has 0 spiro atoms. The molecule has 0 atom stereocenters. The zero-order chi connectivity index (χ0) is 12.8. The highest BCUT2D eigenvalue weighted by molar-refractivity contribution is 5.95. The van der Waals surface area contributed by atoms with Gasteiger partial charge in [-0.05, 0) is 32.8 Å². The van der Waals surface area contributed by atoms with Crippen molar-refractivity contribution >= 4 is 5.91 Å². The van der Waals surface area contributed by atoms with E-state index >= 15 is 0 Å². The van der Waals surface area contributed by atoms with Gasteiger partial charge in [-0.25, -0.2) is 0 Å². The third kappa shape index (κ3) is 3.98. The van der Waals surface area contributed by atoms with Crippen LogP contribution < -0.4 is 10.9 Å². The summed E-state index contributed by atoms with van der Waals surface area (Å²) in [5.41, 5.74) is 6.80. The summed E-state index contributed by atoms with van der Waals surface area (Å²) >= 11 is 0. The van der Waals surface area contributed by atoms with Crippen LogP contribution in [0.3, 0.4) is 0 Å². The van der Waals surface area contributed by atoms with Crippen molar-refractivity contribution in [1.82, 2.24) is 10.9 Å². The van der Waals surface area contributed by atoms with Crippen LogP contribution in [0.1, 0.15) is 48.1 Å². The topological polar surface area (TPSA) is 54.3 Å². The molecule has 1 aromatic heterocycles. The lowest BCUT2D eigenvalue weighted by molar-refractivity contribution is 0.0937. The molecule has 0 bridgehead atoms. The number of carbonyl (C=O) groups is 1. The number of hydrazine groups is 1. The largest absolute Gasteiger partial charge is 0.466 e. The lowest BCUT2D eigenvalue weighted by Crippen LogP contribution is -2.36. The number of hydrogen-bond acceptors (Lipinski definition) is 3. The predicted octanol–water partition coefficient (Wildman–Crippen LogP) is 2.83. The van der Waals surface area contributed by atoms with E-state index in [0.717, 1.165) is 30.7 Å². The van der Waals surface area contributed by atoms with E-state index in [9.17, 15) is 4.79 Å². The van der Waals surface area contributed by atoms with Crippen LogP contribution in [0.15, 0.2) is 22.8 Å². The number of nitrogens with one attached hydrogen (secondary N) is 2. The van der Waals surface area contributed by atoms with Crippen molar-refractivity contribution in [1.29, 1.82) is 0 Å². The Morgan fingerprint density at radius 2 is 2.12 bits per heavy atom. The van der Waals surface area contributed by atoms with Crippen LogP contribution in [0, 0.1) is 13.8 Å². The van der Waals surface area contributed by atoms with Crippen molar-refractivity contribution in [2.24, 2.45) is 0 Å². The first kappa shape index (κ1) is 13.4. The van der Waals surface area contributed by atoms with E-state index in [4.69, 9.17) is 4.42 Å². The van der Waals surface area contributed by atoms with Crippen molar-refractivity contribution in [3.05, 3.63) is 35.4 Å². The van der Waals surface area contributed by atoms with Crippen molar-refractivity contribution < 1.29 is 9.21 Å². The van der Waals surface area contributed by atoms with E-state index in [2.05, 4.69) is 24.4 Å². The van der Waals surface area contributed by atoms with Crippen molar-refractivity contribution in [2.75, 3.05) is 0 Å². The van der Waals surface area contributed by atoms with E-state index in [1.54, 1.807) is 13.0 Å². The van der Waals surface area contributed by atoms with Gasteiger partial charge in [-0.2, -0.15) is 0 Å². The maximum Gasteiger partial charge on any atom is 0.273 e. The molecule has 0 saturated heterocycles. The Morgan fingerprint density at radius 3 is 2.65 bits per heavy atom. The van der Waals surface area contributed by atoms with Crippen LogP contribution in [0.25, 0.3) is 0 Å².